The number of ether oxygens (including phenoxy) is 3. The maximum Gasteiger partial charge on any atom is 0.331 e. The fourth-order valence-electron chi connectivity index (χ4n) is 8.40. The summed E-state index contributed by atoms with van der Waals surface area (Å²) in [6, 6.07) is 26.7. The van der Waals surface area contributed by atoms with Crippen LogP contribution in [0, 0.1) is 19.8 Å². The first kappa shape index (κ1) is 40.1. The van der Waals surface area contributed by atoms with Crippen LogP contribution >= 0.6 is 23.2 Å². The molecule has 10 heteroatoms. The molecule has 8 rings (SSSR count). The molecule has 3 atom stereocenters. The van der Waals surface area contributed by atoms with E-state index in [1.165, 1.54) is 23.1 Å². The predicted octanol–water partition coefficient (Wildman–Crippen LogP) is 9.53. The van der Waals surface area contributed by atoms with Gasteiger partial charge in [-0.2, -0.15) is 0 Å². The molecule has 0 amide bonds. The minimum Gasteiger partial charge on any atom is -0.493 e. The number of carbonyl (C=O) groups is 2. The number of pyridine rings is 1. The molecule has 3 aliphatic rings. The average molecular weight is 819 g/mol. The SMILES string of the molecule is Cc1nccc(-c2ccc(C[C@H](N)C(=O)OC(=O)[C@@H]3Cc4cc5c(cc4CN3CC3CCC3)C[C@H](c3ccc(OCc4ccc(Cl)c(Cl)c4)cc3)CCO5)cc2)c1C. The number of nitrogens with two attached hydrogens (primary N) is 1. The summed E-state index contributed by atoms with van der Waals surface area (Å²) in [6.45, 7) is 6.44. The highest BCUT2D eigenvalue weighted by molar-refractivity contribution is 6.42. The monoisotopic (exact) mass is 817 g/mol. The number of fused-ring (bicyclic) bond motifs is 2. The lowest BCUT2D eigenvalue weighted by Gasteiger charge is -2.39. The van der Waals surface area contributed by atoms with Crippen LogP contribution in [0.1, 0.15) is 76.2 Å². The topological polar surface area (TPSA) is 104 Å². The number of halogens is 2. The lowest BCUT2D eigenvalue weighted by molar-refractivity contribution is -0.165. The number of hydrogen-bond acceptors (Lipinski definition) is 8. The van der Waals surface area contributed by atoms with E-state index in [4.69, 9.17) is 43.1 Å². The fraction of sp³-hybridized carbons (Fsp3) is 0.354. The summed E-state index contributed by atoms with van der Waals surface area (Å²) in [5, 5.41) is 1.04. The second-order valence-electron chi connectivity index (χ2n) is 16.1. The fourth-order valence-corrected chi connectivity index (χ4v) is 8.72. The number of carbonyl (C=O) groups excluding carboxylic acids is 2. The second kappa shape index (κ2) is 17.6. The smallest absolute Gasteiger partial charge is 0.331 e. The molecule has 1 saturated carbocycles. The van der Waals surface area contributed by atoms with Crippen molar-refractivity contribution < 1.29 is 23.8 Å². The van der Waals surface area contributed by atoms with Gasteiger partial charge in [0.25, 0.3) is 0 Å². The molecule has 5 aromatic rings. The van der Waals surface area contributed by atoms with Gasteiger partial charge in [-0.25, -0.2) is 9.59 Å². The van der Waals surface area contributed by atoms with Crippen molar-refractivity contribution in [2.75, 3.05) is 13.2 Å². The molecule has 300 valence electrons. The lowest BCUT2D eigenvalue weighted by Crippen LogP contribution is -2.50. The number of hydrogen-bond donors (Lipinski definition) is 1. The van der Waals surface area contributed by atoms with Crippen LogP contribution in [0.25, 0.3) is 11.1 Å². The van der Waals surface area contributed by atoms with Crippen molar-refractivity contribution in [2.24, 2.45) is 11.7 Å². The molecule has 8 nitrogen and oxygen atoms in total. The maximum absolute atomic E-state index is 13.8. The Labute approximate surface area is 350 Å². The van der Waals surface area contributed by atoms with Gasteiger partial charge in [0.05, 0.1) is 16.7 Å². The maximum atomic E-state index is 13.8. The molecular formula is C48H49Cl2N3O5. The van der Waals surface area contributed by atoms with E-state index in [-0.39, 0.29) is 12.3 Å². The first-order chi connectivity index (χ1) is 28.1. The molecule has 4 aromatic carbocycles. The summed E-state index contributed by atoms with van der Waals surface area (Å²) in [7, 11) is 0. The molecular weight excluding hydrogens is 769 g/mol. The third-order valence-corrected chi connectivity index (χ3v) is 13.0. The second-order valence-corrected chi connectivity index (χ2v) is 17.0. The van der Waals surface area contributed by atoms with Crippen LogP contribution < -0.4 is 15.2 Å². The minimum absolute atomic E-state index is 0.266. The third kappa shape index (κ3) is 9.11. The van der Waals surface area contributed by atoms with Crippen LogP contribution in [0.5, 0.6) is 11.5 Å². The van der Waals surface area contributed by atoms with Crippen LogP contribution in [0.2, 0.25) is 10.0 Å². The van der Waals surface area contributed by atoms with Gasteiger partial charge >= 0.3 is 11.9 Å². The molecule has 58 heavy (non-hydrogen) atoms. The molecule has 2 N–H and O–H groups in total. The third-order valence-electron chi connectivity index (χ3n) is 12.2. The molecule has 1 fully saturated rings. The van der Waals surface area contributed by atoms with E-state index in [1.54, 1.807) is 6.07 Å². The van der Waals surface area contributed by atoms with Gasteiger partial charge in [-0.15, -0.1) is 0 Å². The van der Waals surface area contributed by atoms with Gasteiger partial charge in [-0.1, -0.05) is 78.2 Å². The molecule has 0 saturated heterocycles. The molecule has 3 heterocycles. The van der Waals surface area contributed by atoms with Crippen molar-refractivity contribution in [1.29, 1.82) is 0 Å². The average Bonchev–Trinajstić information content (AvgIpc) is 3.42. The van der Waals surface area contributed by atoms with E-state index in [1.807, 2.05) is 67.7 Å². The van der Waals surface area contributed by atoms with E-state index in [0.717, 1.165) is 82.8 Å². The van der Waals surface area contributed by atoms with E-state index in [9.17, 15) is 9.59 Å². The predicted molar refractivity (Wildman–Crippen MR) is 227 cm³/mol. The number of aryl methyl sites for hydroxylation is 1. The van der Waals surface area contributed by atoms with Gasteiger partial charge in [0, 0.05) is 25.0 Å². The highest BCUT2D eigenvalue weighted by Gasteiger charge is 2.37. The highest BCUT2D eigenvalue weighted by atomic mass is 35.5. The van der Waals surface area contributed by atoms with Gasteiger partial charge in [0.15, 0.2) is 0 Å². The van der Waals surface area contributed by atoms with Gasteiger partial charge in [0.1, 0.15) is 30.2 Å². The summed E-state index contributed by atoms with van der Waals surface area (Å²) in [6.07, 6.45) is 7.74. The number of rotatable bonds is 11. The Morgan fingerprint density at radius 3 is 2.40 bits per heavy atom. The van der Waals surface area contributed by atoms with Crippen molar-refractivity contribution >= 4 is 35.1 Å². The lowest BCUT2D eigenvalue weighted by atomic mass is 9.83. The molecule has 1 aromatic heterocycles. The Balaban J connectivity index is 0.917. The number of aromatic nitrogens is 1. The number of benzene rings is 4. The van der Waals surface area contributed by atoms with E-state index in [0.29, 0.717) is 42.1 Å². The molecule has 0 radical (unpaired) electrons. The Morgan fingerprint density at radius 1 is 0.879 bits per heavy atom. The van der Waals surface area contributed by atoms with E-state index in [2.05, 4.69) is 41.1 Å². The quantitative estimate of drug-likeness (QED) is 0.104. The van der Waals surface area contributed by atoms with Gasteiger partial charge in [-0.05, 0) is 151 Å². The van der Waals surface area contributed by atoms with Crippen molar-refractivity contribution in [3.05, 3.63) is 146 Å². The molecule has 0 bridgehead atoms. The van der Waals surface area contributed by atoms with Gasteiger partial charge in [-0.3, -0.25) is 9.88 Å². The van der Waals surface area contributed by atoms with Crippen molar-refractivity contribution in [3.8, 4) is 22.6 Å². The summed E-state index contributed by atoms with van der Waals surface area (Å²) >= 11 is 12.2. The van der Waals surface area contributed by atoms with E-state index >= 15 is 0 Å². The van der Waals surface area contributed by atoms with Crippen LogP contribution in [0.15, 0.2) is 91.1 Å². The molecule has 1 aliphatic carbocycles. The Bertz CT molecular complexity index is 2290. The van der Waals surface area contributed by atoms with Crippen LogP contribution in [0.4, 0.5) is 0 Å². The van der Waals surface area contributed by atoms with Gasteiger partial charge in [0.2, 0.25) is 0 Å². The molecule has 2 aliphatic heterocycles. The Morgan fingerprint density at radius 2 is 1.66 bits per heavy atom. The first-order valence-corrected chi connectivity index (χ1v) is 21.0. The van der Waals surface area contributed by atoms with Crippen molar-refractivity contribution in [3.63, 3.8) is 0 Å². The number of nitrogens with zero attached hydrogens (tertiary/aromatic N) is 2. The van der Waals surface area contributed by atoms with Gasteiger partial charge < -0.3 is 19.9 Å². The van der Waals surface area contributed by atoms with Crippen LogP contribution in [-0.4, -0.2) is 47.1 Å². The number of esters is 2. The summed E-state index contributed by atoms with van der Waals surface area (Å²) in [5.74, 6) is 1.22. The van der Waals surface area contributed by atoms with Crippen LogP contribution in [0.3, 0.4) is 0 Å². The standard InChI is InChI=1S/C48H49Cl2N3O5/c1-29-30(2)52-18-16-41(29)35-9-6-31(7-10-35)21-44(51)47(54)58-48(55)45-24-37-25-46-38(23-39(37)27-53(45)26-32-4-3-5-32)22-36(17-19-56-46)34-11-13-40(14-12-34)57-28-33-8-15-42(49)43(50)20-33/h6-16,18,20,23,25,32,36,44-45H,3-5,17,19,21-22,24,26-28,51H2,1-2H3/t36-,44+,45+/m1/s1. The summed E-state index contributed by atoms with van der Waals surface area (Å²) in [5.41, 5.74) is 17.2. The molecule has 0 unspecified atom stereocenters. The Hall–Kier alpha value is -4.73. The normalized spacial score (nSPS) is 18.5. The first-order valence-electron chi connectivity index (χ1n) is 20.3. The van der Waals surface area contributed by atoms with E-state index < -0.39 is 24.0 Å². The summed E-state index contributed by atoms with van der Waals surface area (Å²) < 4.78 is 18.0. The van der Waals surface area contributed by atoms with Crippen molar-refractivity contribution in [2.45, 2.75) is 89.9 Å². The summed E-state index contributed by atoms with van der Waals surface area (Å²) in [4.78, 5) is 33.7. The minimum atomic E-state index is -0.967. The zero-order valence-corrected chi connectivity index (χ0v) is 34.5. The molecule has 0 spiro atoms. The largest absolute Gasteiger partial charge is 0.493 e. The van der Waals surface area contributed by atoms with Crippen LogP contribution in [-0.2, 0) is 46.7 Å². The highest BCUT2D eigenvalue weighted by Crippen LogP contribution is 2.39. The Kier molecular flexibility index (Phi) is 12.2. The zero-order valence-electron chi connectivity index (χ0n) is 33.0. The zero-order chi connectivity index (χ0) is 40.3. The van der Waals surface area contributed by atoms with Crippen molar-refractivity contribution in [1.82, 2.24) is 9.88 Å².